The third-order valence-electron chi connectivity index (χ3n) is 5.82. The van der Waals surface area contributed by atoms with Crippen molar-refractivity contribution in [2.75, 3.05) is 6.61 Å². The number of hydrogen-bond donors (Lipinski definition) is 2. The highest BCUT2D eigenvalue weighted by Crippen LogP contribution is 2.30. The van der Waals surface area contributed by atoms with Crippen LogP contribution >= 0.6 is 0 Å². The van der Waals surface area contributed by atoms with Gasteiger partial charge in [-0.1, -0.05) is 18.2 Å². The zero-order valence-electron chi connectivity index (χ0n) is 21.4. The Labute approximate surface area is 214 Å². The monoisotopic (exact) mass is 505 g/mol. The molecular formula is C28H31N3O6. The summed E-state index contributed by atoms with van der Waals surface area (Å²) in [4.78, 5) is 29.6. The molecule has 4 rings (SSSR count). The molecule has 0 spiro atoms. The van der Waals surface area contributed by atoms with Gasteiger partial charge in [0.15, 0.2) is 0 Å². The molecular weight excluding hydrogens is 474 g/mol. The molecule has 0 bridgehead atoms. The van der Waals surface area contributed by atoms with Crippen LogP contribution in [-0.2, 0) is 13.2 Å². The zero-order valence-corrected chi connectivity index (χ0v) is 21.4. The van der Waals surface area contributed by atoms with Gasteiger partial charge in [-0.2, -0.15) is 0 Å². The smallest absolute Gasteiger partial charge is 0.440 e. The number of nitrogens with zero attached hydrogens (tertiary/aromatic N) is 2. The summed E-state index contributed by atoms with van der Waals surface area (Å²) in [6.07, 6.45) is 0.546. The van der Waals surface area contributed by atoms with Gasteiger partial charge in [0.05, 0.1) is 30.1 Å². The van der Waals surface area contributed by atoms with Gasteiger partial charge in [0.25, 0.3) is 0 Å². The Morgan fingerprint density at radius 3 is 2.32 bits per heavy atom. The van der Waals surface area contributed by atoms with Crippen LogP contribution in [-0.4, -0.2) is 32.0 Å². The number of aliphatic hydroxyl groups is 1. The Bertz CT molecular complexity index is 1450. The summed E-state index contributed by atoms with van der Waals surface area (Å²) >= 11 is 0. The topological polar surface area (TPSA) is 120 Å². The van der Waals surface area contributed by atoms with E-state index in [9.17, 15) is 14.7 Å². The fourth-order valence-corrected chi connectivity index (χ4v) is 3.96. The number of rotatable bonds is 10. The number of aromatic nitrogens is 3. The molecule has 2 aromatic carbocycles. The van der Waals surface area contributed by atoms with Gasteiger partial charge >= 0.3 is 11.4 Å². The first kappa shape index (κ1) is 26.0. The summed E-state index contributed by atoms with van der Waals surface area (Å²) in [6.45, 7) is 8.47. The van der Waals surface area contributed by atoms with Crippen LogP contribution in [0.15, 0.2) is 68.7 Å². The van der Waals surface area contributed by atoms with Crippen molar-refractivity contribution in [1.29, 1.82) is 0 Å². The Balaban J connectivity index is 1.41. The average molecular weight is 506 g/mol. The molecule has 194 valence electrons. The van der Waals surface area contributed by atoms with E-state index in [4.69, 9.17) is 19.0 Å². The summed E-state index contributed by atoms with van der Waals surface area (Å²) < 4.78 is 17.5. The summed E-state index contributed by atoms with van der Waals surface area (Å²) in [6, 6.07) is 17.0. The first-order valence-electron chi connectivity index (χ1n) is 12.0. The second kappa shape index (κ2) is 10.9. The predicted octanol–water partition coefficient (Wildman–Crippen LogP) is 3.98. The average Bonchev–Trinajstić information content (AvgIpc) is 3.14. The molecule has 0 radical (unpaired) electrons. The lowest BCUT2D eigenvalue weighted by Gasteiger charge is -2.18. The molecule has 0 fully saturated rings. The van der Waals surface area contributed by atoms with E-state index >= 15 is 0 Å². The van der Waals surface area contributed by atoms with Crippen molar-refractivity contribution in [3.63, 3.8) is 0 Å². The Kier molecular flexibility index (Phi) is 7.63. The molecule has 2 aromatic heterocycles. The fourth-order valence-electron chi connectivity index (χ4n) is 3.96. The fraction of sp³-hybridized carbons (Fsp3) is 0.321. The lowest BCUT2D eigenvalue weighted by molar-refractivity contribution is 0.0553. The van der Waals surface area contributed by atoms with Crippen molar-refractivity contribution in [1.82, 2.24) is 14.7 Å². The highest BCUT2D eigenvalue weighted by molar-refractivity contribution is 5.69. The van der Waals surface area contributed by atoms with Gasteiger partial charge in [0.1, 0.15) is 18.1 Å². The molecule has 4 aromatic rings. The molecule has 0 unspecified atom stereocenters. The largest absolute Gasteiger partial charge is 0.493 e. The lowest BCUT2D eigenvalue weighted by atomic mass is 9.98. The van der Waals surface area contributed by atoms with Crippen molar-refractivity contribution in [3.05, 3.63) is 98.0 Å². The van der Waals surface area contributed by atoms with Gasteiger partial charge in [0, 0.05) is 12.0 Å². The summed E-state index contributed by atoms with van der Waals surface area (Å²) in [5.74, 6) is 0.643. The Morgan fingerprint density at radius 1 is 1.00 bits per heavy atom. The summed E-state index contributed by atoms with van der Waals surface area (Å²) in [5, 5.41) is 9.89. The maximum atomic E-state index is 11.6. The number of aryl methyl sites for hydroxylation is 2. The number of benzene rings is 2. The second-order valence-corrected chi connectivity index (χ2v) is 9.64. The minimum absolute atomic E-state index is 0.142. The van der Waals surface area contributed by atoms with Crippen LogP contribution in [0.5, 0.6) is 11.5 Å². The molecule has 2 N–H and O–H groups in total. The maximum absolute atomic E-state index is 11.6. The lowest BCUT2D eigenvalue weighted by Crippen LogP contribution is -2.21. The number of hydrogen-bond acceptors (Lipinski definition) is 7. The first-order valence-corrected chi connectivity index (χ1v) is 12.0. The van der Waals surface area contributed by atoms with Gasteiger partial charge in [-0.3, -0.25) is 0 Å². The molecule has 37 heavy (non-hydrogen) atoms. The number of H-pyrrole nitrogens is 1. The van der Waals surface area contributed by atoms with E-state index in [1.165, 1.54) is 0 Å². The molecule has 0 aliphatic carbocycles. The van der Waals surface area contributed by atoms with Crippen molar-refractivity contribution in [2.45, 2.75) is 52.9 Å². The van der Waals surface area contributed by atoms with Crippen molar-refractivity contribution in [2.24, 2.45) is 0 Å². The number of nitrogens with one attached hydrogen (secondary N) is 1. The molecule has 0 aliphatic rings. The normalized spacial score (nSPS) is 11.5. The van der Waals surface area contributed by atoms with Crippen LogP contribution in [0.2, 0.25) is 0 Å². The van der Waals surface area contributed by atoms with Crippen molar-refractivity contribution >= 4 is 0 Å². The minimum atomic E-state index is -0.781. The minimum Gasteiger partial charge on any atom is -0.493 e. The van der Waals surface area contributed by atoms with Gasteiger partial charge in [-0.05, 0) is 80.8 Å². The second-order valence-electron chi connectivity index (χ2n) is 9.64. The highest BCUT2D eigenvalue weighted by Gasteiger charge is 2.14. The third kappa shape index (κ3) is 6.98. The van der Waals surface area contributed by atoms with Gasteiger partial charge in [0.2, 0.25) is 0 Å². The van der Waals surface area contributed by atoms with Crippen LogP contribution in [0.1, 0.15) is 42.7 Å². The van der Waals surface area contributed by atoms with Gasteiger partial charge < -0.3 is 19.1 Å². The van der Waals surface area contributed by atoms with E-state index in [2.05, 4.69) is 4.98 Å². The summed E-state index contributed by atoms with van der Waals surface area (Å²) in [5.41, 5.74) is 4.23. The van der Waals surface area contributed by atoms with E-state index in [-0.39, 0.29) is 13.2 Å². The Hall–Kier alpha value is -4.11. The van der Waals surface area contributed by atoms with Crippen molar-refractivity contribution < 1.29 is 19.1 Å². The van der Waals surface area contributed by atoms with E-state index in [1.54, 1.807) is 38.1 Å². The molecule has 0 amide bonds. The Morgan fingerprint density at radius 2 is 1.70 bits per heavy atom. The van der Waals surface area contributed by atoms with Gasteiger partial charge in [-0.15, -0.1) is 4.74 Å². The quantitative estimate of drug-likeness (QED) is 0.335. The predicted molar refractivity (Wildman–Crippen MR) is 139 cm³/mol. The SMILES string of the molecule is Cc1cc(OCCC(C)(C)O)cc(C)c1-c1cccc(COc2ccc(Cn3oc(=O)[nH]c3=O)cc2)n1. The molecule has 2 heterocycles. The van der Waals surface area contributed by atoms with E-state index in [0.717, 1.165) is 44.1 Å². The molecule has 0 aliphatic heterocycles. The standard InChI is InChI=1S/C28H31N3O6/c1-18-14-23(35-13-12-28(3,4)34)15-19(2)25(18)24-7-5-6-21(29-24)17-36-22-10-8-20(9-11-22)16-31-26(32)30-27(33)37-31/h5-11,14-15,34H,12-13,16-17H2,1-4H3,(H,30,32,33). The first-order chi connectivity index (χ1) is 17.6. The van der Waals surface area contributed by atoms with E-state index in [1.807, 2.05) is 44.2 Å². The summed E-state index contributed by atoms with van der Waals surface area (Å²) in [7, 11) is 0. The number of pyridine rings is 1. The molecule has 0 saturated heterocycles. The van der Waals surface area contributed by atoms with Crippen LogP contribution in [0, 0.1) is 13.8 Å². The number of aromatic amines is 1. The maximum Gasteiger partial charge on any atom is 0.440 e. The van der Waals surface area contributed by atoms with Crippen molar-refractivity contribution in [3.8, 4) is 22.8 Å². The number of ether oxygens (including phenoxy) is 2. The van der Waals surface area contributed by atoms with E-state index < -0.39 is 17.0 Å². The van der Waals surface area contributed by atoms with Crippen LogP contribution in [0.3, 0.4) is 0 Å². The van der Waals surface area contributed by atoms with Crippen LogP contribution in [0.4, 0.5) is 0 Å². The zero-order chi connectivity index (χ0) is 26.6. The molecule has 0 atom stereocenters. The van der Waals surface area contributed by atoms with Crippen LogP contribution < -0.4 is 20.9 Å². The highest BCUT2D eigenvalue weighted by atomic mass is 16.5. The van der Waals surface area contributed by atoms with Crippen LogP contribution in [0.25, 0.3) is 11.3 Å². The third-order valence-corrected chi connectivity index (χ3v) is 5.82. The van der Waals surface area contributed by atoms with Gasteiger partial charge in [-0.25, -0.2) is 19.6 Å². The molecule has 9 nitrogen and oxygen atoms in total. The van der Waals surface area contributed by atoms with E-state index in [0.29, 0.717) is 18.8 Å². The molecule has 0 saturated carbocycles. The molecule has 9 heteroatoms.